The van der Waals surface area contributed by atoms with E-state index in [4.69, 9.17) is 4.74 Å². The van der Waals surface area contributed by atoms with E-state index < -0.39 is 10.8 Å². The number of aromatic nitrogens is 1. The van der Waals surface area contributed by atoms with E-state index in [2.05, 4.69) is 26.6 Å². The van der Waals surface area contributed by atoms with E-state index in [1.165, 1.54) is 35.7 Å². The van der Waals surface area contributed by atoms with Gasteiger partial charge in [0.05, 0.1) is 23.9 Å². The molecule has 0 saturated heterocycles. The molecule has 0 atom stereocenters. The lowest BCUT2D eigenvalue weighted by atomic mass is 10.1. The Bertz CT molecular complexity index is 1060. The van der Waals surface area contributed by atoms with Crippen LogP contribution in [-0.4, -0.2) is 29.5 Å². The summed E-state index contributed by atoms with van der Waals surface area (Å²) in [6.45, 7) is 1.73. The number of nitro groups is 1. The van der Waals surface area contributed by atoms with Crippen molar-refractivity contribution in [3.63, 3.8) is 0 Å². The first-order chi connectivity index (χ1) is 14.0. The van der Waals surface area contributed by atoms with E-state index in [0.717, 1.165) is 25.3 Å². The lowest BCUT2D eigenvalue weighted by molar-refractivity contribution is -0.385. The molecule has 4 rings (SSSR count). The first-order valence-corrected chi connectivity index (χ1v) is 9.83. The number of methoxy groups -OCH3 is 1. The fourth-order valence-corrected chi connectivity index (χ4v) is 4.16. The number of hydrogen-bond donors (Lipinski definition) is 1. The average Bonchev–Trinajstić information content (AvgIpc) is 3.21. The van der Waals surface area contributed by atoms with E-state index in [9.17, 15) is 14.9 Å². The van der Waals surface area contributed by atoms with E-state index in [1.54, 1.807) is 23.6 Å². The van der Waals surface area contributed by atoms with Crippen molar-refractivity contribution >= 4 is 34.4 Å². The van der Waals surface area contributed by atoms with Crippen molar-refractivity contribution in [2.45, 2.75) is 13.0 Å². The number of nitrogens with zero attached hydrogens (tertiary/aromatic N) is 3. The van der Waals surface area contributed by atoms with Crippen molar-refractivity contribution in [3.05, 3.63) is 74.1 Å². The van der Waals surface area contributed by atoms with Gasteiger partial charge in [0.2, 0.25) is 0 Å². The normalized spacial score (nSPS) is 12.9. The van der Waals surface area contributed by atoms with Crippen LogP contribution in [0, 0.1) is 10.1 Å². The molecular weight excluding hydrogens is 392 g/mol. The van der Waals surface area contributed by atoms with Crippen LogP contribution in [0.5, 0.6) is 5.75 Å². The molecule has 1 aromatic carbocycles. The number of fused-ring (bicyclic) bond motifs is 1. The highest BCUT2D eigenvalue weighted by atomic mass is 32.1. The van der Waals surface area contributed by atoms with Crippen LogP contribution >= 0.6 is 11.3 Å². The molecule has 0 aliphatic carbocycles. The number of hydrogen-bond acceptors (Lipinski definition) is 7. The number of carbonyl (C=O) groups excluding carboxylic acids is 1. The Balaban J connectivity index is 1.46. The van der Waals surface area contributed by atoms with Crippen LogP contribution in [0.25, 0.3) is 0 Å². The Hall–Kier alpha value is -3.46. The predicted molar refractivity (Wildman–Crippen MR) is 111 cm³/mol. The second-order valence-electron chi connectivity index (χ2n) is 6.54. The molecular formula is C20H18N4O4S. The molecule has 8 nitrogen and oxygen atoms in total. The molecule has 148 valence electrons. The van der Waals surface area contributed by atoms with Crippen LogP contribution in [-0.2, 0) is 13.0 Å². The number of amides is 1. The maximum Gasteiger partial charge on any atom is 0.311 e. The smallest absolute Gasteiger partial charge is 0.311 e. The minimum atomic E-state index is -0.580. The number of nitro benzene ring substituents is 1. The number of benzene rings is 1. The van der Waals surface area contributed by atoms with Crippen molar-refractivity contribution < 1.29 is 14.5 Å². The molecule has 1 N–H and O–H groups in total. The van der Waals surface area contributed by atoms with E-state index in [-0.39, 0.29) is 17.0 Å². The maximum atomic E-state index is 12.5. The Kier molecular flexibility index (Phi) is 5.13. The summed E-state index contributed by atoms with van der Waals surface area (Å²) in [6, 6.07) is 9.88. The number of pyridine rings is 1. The van der Waals surface area contributed by atoms with Gasteiger partial charge in [-0.15, -0.1) is 11.3 Å². The van der Waals surface area contributed by atoms with Gasteiger partial charge >= 0.3 is 5.69 Å². The number of thiophene rings is 1. The second kappa shape index (κ2) is 7.88. The van der Waals surface area contributed by atoms with Gasteiger partial charge < -0.3 is 15.0 Å². The van der Waals surface area contributed by atoms with Crippen molar-refractivity contribution in [2.24, 2.45) is 0 Å². The Morgan fingerprint density at radius 3 is 2.90 bits per heavy atom. The number of ether oxygens (including phenoxy) is 1. The Labute approximate surface area is 170 Å². The van der Waals surface area contributed by atoms with Gasteiger partial charge in [-0.2, -0.15) is 0 Å². The third-order valence-corrected chi connectivity index (χ3v) is 5.80. The van der Waals surface area contributed by atoms with E-state index in [1.807, 2.05) is 6.07 Å². The van der Waals surface area contributed by atoms with Crippen molar-refractivity contribution in [1.29, 1.82) is 0 Å². The van der Waals surface area contributed by atoms with Gasteiger partial charge in [0, 0.05) is 29.6 Å². The van der Waals surface area contributed by atoms with Crippen LogP contribution in [0.4, 0.5) is 17.2 Å². The van der Waals surface area contributed by atoms with Gasteiger partial charge in [0.1, 0.15) is 5.82 Å². The molecule has 3 heterocycles. The minimum Gasteiger partial charge on any atom is -0.490 e. The number of rotatable bonds is 5. The number of carbonyl (C=O) groups is 1. The zero-order valence-electron chi connectivity index (χ0n) is 15.6. The van der Waals surface area contributed by atoms with Gasteiger partial charge in [-0.1, -0.05) is 0 Å². The molecule has 9 heteroatoms. The van der Waals surface area contributed by atoms with Gasteiger partial charge in [0.25, 0.3) is 5.91 Å². The summed E-state index contributed by atoms with van der Waals surface area (Å²) in [6.07, 6.45) is 2.59. The topological polar surface area (TPSA) is 97.6 Å². The fourth-order valence-electron chi connectivity index (χ4n) is 3.27. The number of anilines is 2. The molecule has 29 heavy (non-hydrogen) atoms. The van der Waals surface area contributed by atoms with E-state index >= 15 is 0 Å². The van der Waals surface area contributed by atoms with Crippen LogP contribution in [0.15, 0.2) is 48.0 Å². The van der Waals surface area contributed by atoms with Gasteiger partial charge in [-0.3, -0.25) is 14.9 Å². The number of nitrogens with one attached hydrogen (secondary N) is 1. The highest BCUT2D eigenvalue weighted by Crippen LogP contribution is 2.29. The van der Waals surface area contributed by atoms with E-state index in [0.29, 0.717) is 5.69 Å². The van der Waals surface area contributed by atoms with Crippen LogP contribution in [0.2, 0.25) is 0 Å². The quantitative estimate of drug-likeness (QED) is 0.506. The largest absolute Gasteiger partial charge is 0.490 e. The van der Waals surface area contributed by atoms with Crippen molar-refractivity contribution in [1.82, 2.24) is 4.98 Å². The average molecular weight is 410 g/mol. The molecule has 1 aliphatic heterocycles. The third kappa shape index (κ3) is 3.90. The van der Waals surface area contributed by atoms with Gasteiger partial charge in [-0.05, 0) is 47.7 Å². The summed E-state index contributed by atoms with van der Waals surface area (Å²) in [4.78, 5) is 31.1. The molecule has 1 aliphatic rings. The van der Waals surface area contributed by atoms with Crippen molar-refractivity contribution in [3.8, 4) is 5.75 Å². The SMILES string of the molecule is COc1ccc(C(=O)Nc2ccc(N3CCc4sccc4C3)nc2)cc1[N+](=O)[O-]. The monoisotopic (exact) mass is 410 g/mol. The summed E-state index contributed by atoms with van der Waals surface area (Å²) in [5, 5.41) is 16.0. The molecule has 0 fully saturated rings. The summed E-state index contributed by atoms with van der Waals surface area (Å²) < 4.78 is 4.96. The maximum absolute atomic E-state index is 12.5. The van der Waals surface area contributed by atoms with Gasteiger partial charge in [0.15, 0.2) is 5.75 Å². The summed E-state index contributed by atoms with van der Waals surface area (Å²) in [7, 11) is 1.34. The van der Waals surface area contributed by atoms with Crippen LogP contribution < -0.4 is 15.0 Å². The summed E-state index contributed by atoms with van der Waals surface area (Å²) in [5.74, 6) is 0.499. The Morgan fingerprint density at radius 2 is 2.17 bits per heavy atom. The zero-order valence-corrected chi connectivity index (χ0v) is 16.4. The minimum absolute atomic E-state index is 0.105. The molecule has 0 unspecified atom stereocenters. The zero-order chi connectivity index (χ0) is 20.4. The summed E-state index contributed by atoms with van der Waals surface area (Å²) in [5.41, 5.74) is 1.76. The highest BCUT2D eigenvalue weighted by molar-refractivity contribution is 7.10. The second-order valence-corrected chi connectivity index (χ2v) is 7.54. The first kappa shape index (κ1) is 18.9. The highest BCUT2D eigenvalue weighted by Gasteiger charge is 2.20. The van der Waals surface area contributed by atoms with Crippen molar-refractivity contribution in [2.75, 3.05) is 23.9 Å². The lowest BCUT2D eigenvalue weighted by Gasteiger charge is -2.28. The molecule has 0 radical (unpaired) electrons. The van der Waals surface area contributed by atoms with Crippen LogP contribution in [0.1, 0.15) is 20.8 Å². The van der Waals surface area contributed by atoms with Crippen LogP contribution in [0.3, 0.4) is 0 Å². The molecule has 3 aromatic rings. The molecule has 2 aromatic heterocycles. The molecule has 1 amide bonds. The molecule has 0 bridgehead atoms. The standard InChI is InChI=1S/C20H18N4O4S/c1-28-17-4-2-13(10-16(17)24(26)27)20(25)22-15-3-5-19(21-11-15)23-8-6-18-14(12-23)7-9-29-18/h2-5,7,9-11H,6,8,12H2,1H3,(H,22,25). The Morgan fingerprint density at radius 1 is 1.31 bits per heavy atom. The first-order valence-electron chi connectivity index (χ1n) is 8.95. The molecule has 0 saturated carbocycles. The molecule has 0 spiro atoms. The fraction of sp³-hybridized carbons (Fsp3) is 0.200. The summed E-state index contributed by atoms with van der Waals surface area (Å²) >= 11 is 1.79. The third-order valence-electron chi connectivity index (χ3n) is 4.78. The predicted octanol–water partition coefficient (Wildman–Crippen LogP) is 3.87. The lowest BCUT2D eigenvalue weighted by Crippen LogP contribution is -2.30. The van der Waals surface area contributed by atoms with Gasteiger partial charge in [-0.25, -0.2) is 4.98 Å².